The summed E-state index contributed by atoms with van der Waals surface area (Å²) in [7, 11) is 0. The van der Waals surface area contributed by atoms with E-state index < -0.39 is 18.7 Å². The predicted octanol–water partition coefficient (Wildman–Crippen LogP) is 2.21. The van der Waals surface area contributed by atoms with Gasteiger partial charge in [0.2, 0.25) is 5.88 Å². The van der Waals surface area contributed by atoms with Gasteiger partial charge < -0.3 is 19.0 Å². The molecule has 144 valence electrons. The molecule has 0 bridgehead atoms. The molecule has 0 radical (unpaired) electrons. The van der Waals surface area contributed by atoms with Gasteiger partial charge in [0, 0.05) is 32.4 Å². The molecule has 3 heterocycles. The largest absolute Gasteiger partial charge is 0.472 e. The number of carbonyl (C=O) groups excluding carboxylic acids is 2. The Labute approximate surface area is 152 Å². The van der Waals surface area contributed by atoms with Crippen molar-refractivity contribution in [3.63, 3.8) is 0 Å². The van der Waals surface area contributed by atoms with Crippen LogP contribution in [-0.2, 0) is 0 Å². The Kier molecular flexibility index (Phi) is 5.33. The fraction of sp³-hybridized carbons (Fsp3) is 0.353. The number of ether oxygens (including phenoxy) is 1. The molecule has 0 atom stereocenters. The number of hydrogen-bond donors (Lipinski definition) is 0. The van der Waals surface area contributed by atoms with Crippen LogP contribution in [0, 0.1) is 0 Å². The molecule has 27 heavy (non-hydrogen) atoms. The number of nitrogens with zero attached hydrogens (tertiary/aromatic N) is 3. The van der Waals surface area contributed by atoms with Gasteiger partial charge in [-0.15, -0.1) is 0 Å². The zero-order chi connectivity index (χ0) is 19.4. The van der Waals surface area contributed by atoms with Crippen LogP contribution in [0.3, 0.4) is 0 Å². The minimum absolute atomic E-state index is 0.0450. The molecule has 1 saturated heterocycles. The summed E-state index contributed by atoms with van der Waals surface area (Å²) in [6.45, 7) is -0.438. The topological polar surface area (TPSA) is 75.9 Å². The highest BCUT2D eigenvalue weighted by atomic mass is 19.4. The Morgan fingerprint density at radius 1 is 1.11 bits per heavy atom. The quantitative estimate of drug-likeness (QED) is 0.809. The molecular formula is C17H16F3N3O4. The summed E-state index contributed by atoms with van der Waals surface area (Å²) < 4.78 is 46.7. The molecule has 0 aliphatic carbocycles. The number of alkyl halides is 3. The second kappa shape index (κ2) is 7.68. The Bertz CT molecular complexity index is 800. The molecule has 0 saturated carbocycles. The van der Waals surface area contributed by atoms with Crippen LogP contribution in [0.25, 0.3) is 0 Å². The lowest BCUT2D eigenvalue weighted by molar-refractivity contribution is -0.154. The molecular weight excluding hydrogens is 367 g/mol. The van der Waals surface area contributed by atoms with E-state index in [9.17, 15) is 22.8 Å². The van der Waals surface area contributed by atoms with Crippen LogP contribution in [-0.4, -0.2) is 65.6 Å². The number of aromatic nitrogens is 1. The summed E-state index contributed by atoms with van der Waals surface area (Å²) in [4.78, 5) is 31.7. The molecule has 10 heteroatoms. The van der Waals surface area contributed by atoms with Crippen LogP contribution < -0.4 is 4.74 Å². The highest BCUT2D eigenvalue weighted by Gasteiger charge is 2.31. The van der Waals surface area contributed by atoms with Crippen molar-refractivity contribution in [1.29, 1.82) is 0 Å². The van der Waals surface area contributed by atoms with Gasteiger partial charge in [0.1, 0.15) is 11.8 Å². The van der Waals surface area contributed by atoms with Crippen molar-refractivity contribution in [1.82, 2.24) is 14.8 Å². The van der Waals surface area contributed by atoms with Crippen molar-refractivity contribution < 1.29 is 31.9 Å². The molecule has 1 aliphatic heterocycles. The molecule has 1 aliphatic rings. The lowest BCUT2D eigenvalue weighted by Gasteiger charge is -2.34. The van der Waals surface area contributed by atoms with E-state index in [2.05, 4.69) is 9.72 Å². The maximum absolute atomic E-state index is 12.7. The Balaban J connectivity index is 1.63. The molecule has 0 aromatic carbocycles. The average molecular weight is 383 g/mol. The van der Waals surface area contributed by atoms with Gasteiger partial charge >= 0.3 is 6.18 Å². The minimum atomic E-state index is -4.53. The second-order valence-corrected chi connectivity index (χ2v) is 5.86. The number of piperazine rings is 1. The standard InChI is InChI=1S/C17H16F3N3O4/c18-17(19,20)11-27-14-13(2-1-4-21-14)16(25)23-7-5-22(6-8-23)15(24)12-3-9-26-10-12/h1-4,9-10H,5-8,11H2. The fourth-order valence-electron chi connectivity index (χ4n) is 2.67. The number of furan rings is 1. The smallest absolute Gasteiger partial charge is 0.422 e. The Hall–Kier alpha value is -3.04. The molecule has 0 N–H and O–H groups in total. The molecule has 7 nitrogen and oxygen atoms in total. The summed E-state index contributed by atoms with van der Waals surface area (Å²) in [6.07, 6.45) is -0.529. The van der Waals surface area contributed by atoms with Crippen molar-refractivity contribution in [2.45, 2.75) is 6.18 Å². The lowest BCUT2D eigenvalue weighted by atomic mass is 10.2. The van der Waals surface area contributed by atoms with Crippen molar-refractivity contribution in [2.24, 2.45) is 0 Å². The normalized spacial score (nSPS) is 14.9. The minimum Gasteiger partial charge on any atom is -0.472 e. The SMILES string of the molecule is O=C(c1ccoc1)N1CCN(C(=O)c2cccnc2OCC(F)(F)F)CC1. The van der Waals surface area contributed by atoms with E-state index in [1.807, 2.05) is 0 Å². The van der Waals surface area contributed by atoms with Crippen LogP contribution in [0.5, 0.6) is 5.88 Å². The second-order valence-electron chi connectivity index (χ2n) is 5.86. The van der Waals surface area contributed by atoms with Crippen molar-refractivity contribution >= 4 is 11.8 Å². The van der Waals surface area contributed by atoms with E-state index in [-0.39, 0.29) is 30.4 Å². The highest BCUT2D eigenvalue weighted by molar-refractivity contribution is 5.97. The zero-order valence-corrected chi connectivity index (χ0v) is 14.1. The third-order valence-corrected chi connectivity index (χ3v) is 4.00. The summed E-state index contributed by atoms with van der Waals surface area (Å²) in [6, 6.07) is 4.37. The Morgan fingerprint density at radius 2 is 1.78 bits per heavy atom. The van der Waals surface area contributed by atoms with Gasteiger partial charge in [0.25, 0.3) is 11.8 Å². The summed E-state index contributed by atoms with van der Waals surface area (Å²) in [5.41, 5.74) is 0.376. The van der Waals surface area contributed by atoms with Gasteiger partial charge in [-0.05, 0) is 18.2 Å². The molecule has 3 rings (SSSR count). The molecule has 2 amide bonds. The number of rotatable bonds is 4. The van der Waals surface area contributed by atoms with E-state index in [1.165, 1.54) is 35.8 Å². The van der Waals surface area contributed by atoms with Gasteiger partial charge in [-0.25, -0.2) is 4.98 Å². The van der Waals surface area contributed by atoms with Crippen molar-refractivity contribution in [3.8, 4) is 5.88 Å². The maximum Gasteiger partial charge on any atom is 0.422 e. The summed E-state index contributed by atoms with van der Waals surface area (Å²) in [5, 5.41) is 0. The summed E-state index contributed by atoms with van der Waals surface area (Å²) >= 11 is 0. The first-order chi connectivity index (χ1) is 12.8. The molecule has 2 aromatic heterocycles. The van der Waals surface area contributed by atoms with Crippen molar-refractivity contribution in [2.75, 3.05) is 32.8 Å². The molecule has 0 unspecified atom stereocenters. The number of carbonyl (C=O) groups is 2. The van der Waals surface area contributed by atoms with Crippen LogP contribution in [0.15, 0.2) is 41.3 Å². The maximum atomic E-state index is 12.7. The average Bonchev–Trinajstić information content (AvgIpc) is 3.20. The van der Waals surface area contributed by atoms with Crippen LogP contribution in [0.2, 0.25) is 0 Å². The molecule has 0 spiro atoms. The van der Waals surface area contributed by atoms with E-state index in [0.717, 1.165) is 0 Å². The van der Waals surface area contributed by atoms with E-state index in [1.54, 1.807) is 11.0 Å². The first-order valence-corrected chi connectivity index (χ1v) is 8.10. The van der Waals surface area contributed by atoms with E-state index >= 15 is 0 Å². The lowest BCUT2D eigenvalue weighted by Crippen LogP contribution is -2.50. The van der Waals surface area contributed by atoms with E-state index in [0.29, 0.717) is 18.7 Å². The van der Waals surface area contributed by atoms with Crippen LogP contribution >= 0.6 is 0 Å². The van der Waals surface area contributed by atoms with Crippen LogP contribution in [0.1, 0.15) is 20.7 Å². The third kappa shape index (κ3) is 4.57. The van der Waals surface area contributed by atoms with Gasteiger partial charge in [-0.2, -0.15) is 13.2 Å². The van der Waals surface area contributed by atoms with Gasteiger partial charge in [0.15, 0.2) is 6.61 Å². The number of hydrogen-bond acceptors (Lipinski definition) is 5. The van der Waals surface area contributed by atoms with Gasteiger partial charge in [-0.3, -0.25) is 9.59 Å². The zero-order valence-electron chi connectivity index (χ0n) is 14.1. The monoisotopic (exact) mass is 383 g/mol. The first-order valence-electron chi connectivity index (χ1n) is 8.10. The predicted molar refractivity (Wildman–Crippen MR) is 86.3 cm³/mol. The van der Waals surface area contributed by atoms with Crippen molar-refractivity contribution in [3.05, 3.63) is 48.0 Å². The summed E-state index contributed by atoms with van der Waals surface area (Å²) in [5.74, 6) is -1.06. The number of pyridine rings is 1. The number of amides is 2. The van der Waals surface area contributed by atoms with Gasteiger partial charge in [-0.1, -0.05) is 0 Å². The number of halogens is 3. The first kappa shape index (κ1) is 18.7. The third-order valence-electron chi connectivity index (χ3n) is 4.00. The molecule has 2 aromatic rings. The fourth-order valence-corrected chi connectivity index (χ4v) is 2.67. The molecule has 1 fully saturated rings. The highest BCUT2D eigenvalue weighted by Crippen LogP contribution is 2.22. The van der Waals surface area contributed by atoms with Gasteiger partial charge in [0.05, 0.1) is 11.8 Å². The van der Waals surface area contributed by atoms with Crippen LogP contribution in [0.4, 0.5) is 13.2 Å². The Morgan fingerprint density at radius 3 is 2.37 bits per heavy atom. The van der Waals surface area contributed by atoms with E-state index in [4.69, 9.17) is 4.42 Å².